The van der Waals surface area contributed by atoms with Crippen LogP contribution in [0.1, 0.15) is 68.1 Å². The van der Waals surface area contributed by atoms with E-state index in [1.165, 1.54) is 0 Å². The molecular formula is C26H37N3O4. The number of rotatable bonds is 6. The number of nitrogens with zero attached hydrogens (tertiary/aromatic N) is 2. The molecule has 3 amide bonds. The van der Waals surface area contributed by atoms with Crippen molar-refractivity contribution in [2.75, 3.05) is 33.3 Å². The molecule has 1 aromatic rings. The molecule has 7 heteroatoms. The second-order valence-electron chi connectivity index (χ2n) is 9.71. The normalized spacial score (nSPS) is 21.0. The maximum absolute atomic E-state index is 13.5. The Morgan fingerprint density at radius 3 is 2.09 bits per heavy atom. The maximum atomic E-state index is 13.5. The largest absolute Gasteiger partial charge is 0.497 e. The van der Waals surface area contributed by atoms with Crippen LogP contribution in [0.3, 0.4) is 0 Å². The van der Waals surface area contributed by atoms with Gasteiger partial charge in [0.1, 0.15) is 11.8 Å². The van der Waals surface area contributed by atoms with Crippen molar-refractivity contribution in [3.8, 4) is 5.75 Å². The van der Waals surface area contributed by atoms with Crippen LogP contribution in [-0.4, -0.2) is 66.9 Å². The maximum Gasteiger partial charge on any atom is 0.251 e. The standard InChI is InChI=1S/C26H37N3O4/c1-33-22-11-9-20(10-12-22)24(30)27-23(26(32)28-15-5-2-6-16-28)19-13-17-29(18-14-19)25(31)21-7-3-4-8-21/h9-12,19,21,23H,2-8,13-18H2,1H3,(H,27,30). The molecule has 2 saturated heterocycles. The predicted octanol–water partition coefficient (Wildman–Crippen LogP) is 3.23. The number of hydrogen-bond donors (Lipinski definition) is 1. The summed E-state index contributed by atoms with van der Waals surface area (Å²) < 4.78 is 5.18. The van der Waals surface area contributed by atoms with Crippen LogP contribution in [0.2, 0.25) is 0 Å². The van der Waals surface area contributed by atoms with E-state index in [2.05, 4.69) is 5.32 Å². The Kier molecular flexibility index (Phi) is 7.89. The highest BCUT2D eigenvalue weighted by atomic mass is 16.5. The topological polar surface area (TPSA) is 79.0 Å². The lowest BCUT2D eigenvalue weighted by atomic mass is 9.87. The van der Waals surface area contributed by atoms with Gasteiger partial charge in [0.2, 0.25) is 11.8 Å². The van der Waals surface area contributed by atoms with E-state index in [9.17, 15) is 14.4 Å². The lowest BCUT2D eigenvalue weighted by molar-refractivity contribution is -0.138. The Labute approximate surface area is 196 Å². The fourth-order valence-electron chi connectivity index (χ4n) is 5.54. The number of likely N-dealkylation sites (tertiary alicyclic amines) is 2. The van der Waals surface area contributed by atoms with Crippen LogP contribution < -0.4 is 10.1 Å². The Morgan fingerprint density at radius 1 is 0.848 bits per heavy atom. The predicted molar refractivity (Wildman–Crippen MR) is 126 cm³/mol. The van der Waals surface area contributed by atoms with E-state index in [1.807, 2.05) is 9.80 Å². The van der Waals surface area contributed by atoms with Gasteiger partial charge in [0, 0.05) is 37.7 Å². The smallest absolute Gasteiger partial charge is 0.251 e. The van der Waals surface area contributed by atoms with E-state index in [0.29, 0.717) is 24.4 Å². The molecule has 0 bridgehead atoms. The van der Waals surface area contributed by atoms with Gasteiger partial charge in [0.25, 0.3) is 5.91 Å². The number of carbonyl (C=O) groups excluding carboxylic acids is 3. The lowest BCUT2D eigenvalue weighted by Gasteiger charge is -2.39. The molecule has 1 atom stereocenters. The third-order valence-corrected chi connectivity index (χ3v) is 7.60. The van der Waals surface area contributed by atoms with Gasteiger partial charge < -0.3 is 19.9 Å². The first-order chi connectivity index (χ1) is 16.1. The van der Waals surface area contributed by atoms with Gasteiger partial charge in [-0.05, 0) is 75.1 Å². The van der Waals surface area contributed by atoms with Crippen molar-refractivity contribution in [3.63, 3.8) is 0 Å². The molecule has 1 unspecified atom stereocenters. The molecule has 1 aromatic carbocycles. The monoisotopic (exact) mass is 455 g/mol. The van der Waals surface area contributed by atoms with Crippen LogP contribution in [0.15, 0.2) is 24.3 Å². The molecule has 3 fully saturated rings. The van der Waals surface area contributed by atoms with Gasteiger partial charge in [0.05, 0.1) is 7.11 Å². The van der Waals surface area contributed by atoms with Crippen molar-refractivity contribution in [3.05, 3.63) is 29.8 Å². The summed E-state index contributed by atoms with van der Waals surface area (Å²) in [5.74, 6) is 0.977. The molecule has 0 spiro atoms. The molecule has 3 aliphatic rings. The zero-order valence-corrected chi connectivity index (χ0v) is 19.8. The van der Waals surface area contributed by atoms with Gasteiger partial charge in [-0.25, -0.2) is 0 Å². The summed E-state index contributed by atoms with van der Waals surface area (Å²) >= 11 is 0. The zero-order chi connectivity index (χ0) is 23.2. The third kappa shape index (κ3) is 5.68. The van der Waals surface area contributed by atoms with Crippen molar-refractivity contribution in [1.82, 2.24) is 15.1 Å². The molecule has 1 N–H and O–H groups in total. The SMILES string of the molecule is COc1ccc(C(=O)NC(C(=O)N2CCCCC2)C2CCN(C(=O)C3CCCC3)CC2)cc1. The number of carbonyl (C=O) groups is 3. The number of benzene rings is 1. The molecule has 2 heterocycles. The Bertz CT molecular complexity index is 820. The van der Waals surface area contributed by atoms with E-state index >= 15 is 0 Å². The molecule has 180 valence electrons. The summed E-state index contributed by atoms with van der Waals surface area (Å²) in [6.45, 7) is 2.85. The quantitative estimate of drug-likeness (QED) is 0.714. The molecule has 0 radical (unpaired) electrons. The highest BCUT2D eigenvalue weighted by Gasteiger charge is 2.37. The summed E-state index contributed by atoms with van der Waals surface area (Å²) in [7, 11) is 1.59. The second kappa shape index (κ2) is 11.0. The molecule has 7 nitrogen and oxygen atoms in total. The highest BCUT2D eigenvalue weighted by Crippen LogP contribution is 2.30. The second-order valence-corrected chi connectivity index (χ2v) is 9.71. The number of ether oxygens (including phenoxy) is 1. The molecular weight excluding hydrogens is 418 g/mol. The van der Waals surface area contributed by atoms with Crippen molar-refractivity contribution < 1.29 is 19.1 Å². The van der Waals surface area contributed by atoms with Crippen molar-refractivity contribution in [2.45, 2.75) is 63.8 Å². The zero-order valence-electron chi connectivity index (χ0n) is 19.8. The summed E-state index contributed by atoms with van der Waals surface area (Å²) in [5, 5.41) is 3.06. The molecule has 33 heavy (non-hydrogen) atoms. The number of hydrogen-bond acceptors (Lipinski definition) is 4. The average molecular weight is 456 g/mol. The molecule has 0 aromatic heterocycles. The Morgan fingerprint density at radius 2 is 1.48 bits per heavy atom. The van der Waals surface area contributed by atoms with Crippen LogP contribution >= 0.6 is 0 Å². The Hall–Kier alpha value is -2.57. The van der Waals surface area contributed by atoms with Crippen molar-refractivity contribution in [2.24, 2.45) is 11.8 Å². The van der Waals surface area contributed by atoms with Crippen LogP contribution in [0.4, 0.5) is 0 Å². The molecule has 4 rings (SSSR count). The number of nitrogens with one attached hydrogen (secondary N) is 1. The lowest BCUT2D eigenvalue weighted by Crippen LogP contribution is -2.55. The average Bonchev–Trinajstić information content (AvgIpc) is 3.42. The summed E-state index contributed by atoms with van der Waals surface area (Å²) in [5.41, 5.74) is 0.515. The first kappa shape index (κ1) is 23.6. The van der Waals surface area contributed by atoms with Gasteiger partial charge in [-0.2, -0.15) is 0 Å². The van der Waals surface area contributed by atoms with Crippen molar-refractivity contribution in [1.29, 1.82) is 0 Å². The fourth-order valence-corrected chi connectivity index (χ4v) is 5.54. The van der Waals surface area contributed by atoms with E-state index in [1.54, 1.807) is 31.4 Å². The highest BCUT2D eigenvalue weighted by molar-refractivity contribution is 5.97. The fraction of sp³-hybridized carbons (Fsp3) is 0.654. The van der Waals surface area contributed by atoms with Crippen LogP contribution in [0.5, 0.6) is 5.75 Å². The van der Waals surface area contributed by atoms with E-state index in [-0.39, 0.29) is 29.6 Å². The summed E-state index contributed by atoms with van der Waals surface area (Å²) in [6, 6.07) is 6.40. The minimum Gasteiger partial charge on any atom is -0.497 e. The number of piperidine rings is 2. The number of methoxy groups -OCH3 is 1. The van der Waals surface area contributed by atoms with E-state index < -0.39 is 6.04 Å². The van der Waals surface area contributed by atoms with Gasteiger partial charge in [-0.3, -0.25) is 14.4 Å². The summed E-state index contributed by atoms with van der Waals surface area (Å²) in [6.07, 6.45) is 8.97. The molecule has 1 aliphatic carbocycles. The van der Waals surface area contributed by atoms with E-state index in [0.717, 1.165) is 70.9 Å². The first-order valence-corrected chi connectivity index (χ1v) is 12.6. The Balaban J connectivity index is 1.43. The molecule has 1 saturated carbocycles. The van der Waals surface area contributed by atoms with Crippen LogP contribution in [0, 0.1) is 11.8 Å². The van der Waals surface area contributed by atoms with Gasteiger partial charge >= 0.3 is 0 Å². The first-order valence-electron chi connectivity index (χ1n) is 12.6. The minimum atomic E-state index is -0.554. The summed E-state index contributed by atoms with van der Waals surface area (Å²) in [4.78, 5) is 43.3. The van der Waals surface area contributed by atoms with Crippen LogP contribution in [0.25, 0.3) is 0 Å². The third-order valence-electron chi connectivity index (χ3n) is 7.60. The van der Waals surface area contributed by atoms with Gasteiger partial charge in [0.15, 0.2) is 0 Å². The van der Waals surface area contributed by atoms with E-state index in [4.69, 9.17) is 4.74 Å². The minimum absolute atomic E-state index is 0.0251. The van der Waals surface area contributed by atoms with Gasteiger partial charge in [-0.1, -0.05) is 12.8 Å². The molecule has 2 aliphatic heterocycles. The van der Waals surface area contributed by atoms with Gasteiger partial charge in [-0.15, -0.1) is 0 Å². The van der Waals surface area contributed by atoms with Crippen molar-refractivity contribution >= 4 is 17.7 Å². The number of amides is 3. The van der Waals surface area contributed by atoms with Crippen LogP contribution in [-0.2, 0) is 9.59 Å².